The molecule has 2 fully saturated rings. The van der Waals surface area contributed by atoms with Crippen molar-refractivity contribution >= 4 is 23.6 Å². The summed E-state index contributed by atoms with van der Waals surface area (Å²) in [5.74, 6) is 2.09. The van der Waals surface area contributed by atoms with Crippen molar-refractivity contribution in [2.24, 2.45) is 0 Å². The lowest BCUT2D eigenvalue weighted by molar-refractivity contribution is -0.139. The van der Waals surface area contributed by atoms with Crippen LogP contribution in [-0.2, 0) is 9.59 Å². The van der Waals surface area contributed by atoms with E-state index in [9.17, 15) is 9.59 Å². The Morgan fingerprint density at radius 1 is 1.25 bits per heavy atom. The van der Waals surface area contributed by atoms with Gasteiger partial charge >= 0.3 is 0 Å². The topological polar surface area (TPSA) is 49.9 Å². The lowest BCUT2D eigenvalue weighted by Crippen LogP contribution is -2.42. The van der Waals surface area contributed by atoms with Gasteiger partial charge in [-0.05, 0) is 30.5 Å². The van der Waals surface area contributed by atoms with Gasteiger partial charge in [0, 0.05) is 6.54 Å². The molecule has 3 rings (SSSR count). The second kappa shape index (κ2) is 7.92. The molecule has 0 radical (unpaired) electrons. The molecule has 6 heteroatoms. The molecular formula is C18H24N2O3S. The summed E-state index contributed by atoms with van der Waals surface area (Å²) < 4.78 is 5.23. The molecule has 2 amide bonds. The summed E-state index contributed by atoms with van der Waals surface area (Å²) in [5.41, 5.74) is 1.15. The van der Waals surface area contributed by atoms with Crippen molar-refractivity contribution in [3.63, 3.8) is 0 Å². The van der Waals surface area contributed by atoms with Gasteiger partial charge in [0.1, 0.15) is 12.3 Å². The van der Waals surface area contributed by atoms with Crippen LogP contribution in [0, 0.1) is 0 Å². The van der Waals surface area contributed by atoms with Crippen LogP contribution in [0.1, 0.15) is 37.3 Å². The maximum absolute atomic E-state index is 12.9. The van der Waals surface area contributed by atoms with Gasteiger partial charge < -0.3 is 14.5 Å². The molecule has 130 valence electrons. The summed E-state index contributed by atoms with van der Waals surface area (Å²) in [6.45, 7) is 0.975. The molecular weight excluding hydrogens is 324 g/mol. The Morgan fingerprint density at radius 3 is 2.71 bits per heavy atom. The molecule has 5 nitrogen and oxygen atoms in total. The third kappa shape index (κ3) is 3.86. The second-order valence-electron chi connectivity index (χ2n) is 6.29. The van der Waals surface area contributed by atoms with Crippen LogP contribution in [0.4, 0.5) is 0 Å². The quantitative estimate of drug-likeness (QED) is 0.839. The van der Waals surface area contributed by atoms with Gasteiger partial charge in [0.2, 0.25) is 11.8 Å². The Labute approximate surface area is 147 Å². The Hall–Kier alpha value is -1.69. The predicted octanol–water partition coefficient (Wildman–Crippen LogP) is 2.67. The number of benzene rings is 1. The van der Waals surface area contributed by atoms with Gasteiger partial charge in [-0.25, -0.2) is 0 Å². The van der Waals surface area contributed by atoms with Crippen molar-refractivity contribution in [2.45, 2.75) is 31.7 Å². The van der Waals surface area contributed by atoms with E-state index in [4.69, 9.17) is 4.74 Å². The molecule has 0 bridgehead atoms. The first-order valence-electron chi connectivity index (χ1n) is 8.48. The van der Waals surface area contributed by atoms with E-state index in [-0.39, 0.29) is 24.4 Å². The van der Waals surface area contributed by atoms with E-state index >= 15 is 0 Å². The highest BCUT2D eigenvalue weighted by atomic mass is 32.2. The van der Waals surface area contributed by atoms with Gasteiger partial charge in [0.25, 0.3) is 0 Å². The number of thioether (sulfide) groups is 1. The van der Waals surface area contributed by atoms with Gasteiger partial charge in [0.15, 0.2) is 0 Å². The molecule has 0 aromatic heterocycles. The van der Waals surface area contributed by atoms with E-state index in [2.05, 4.69) is 0 Å². The minimum atomic E-state index is 0.0635. The van der Waals surface area contributed by atoms with Crippen molar-refractivity contribution in [3.05, 3.63) is 29.8 Å². The van der Waals surface area contributed by atoms with Gasteiger partial charge in [-0.1, -0.05) is 25.0 Å². The number of likely N-dealkylation sites (tertiary alicyclic amines) is 1. The van der Waals surface area contributed by atoms with Crippen LogP contribution in [0.25, 0.3) is 0 Å². The maximum atomic E-state index is 12.9. The van der Waals surface area contributed by atoms with E-state index in [0.717, 1.165) is 43.5 Å². The molecule has 0 aliphatic carbocycles. The Morgan fingerprint density at radius 2 is 2.04 bits per heavy atom. The van der Waals surface area contributed by atoms with Crippen LogP contribution in [-0.4, -0.2) is 53.4 Å². The zero-order valence-corrected chi connectivity index (χ0v) is 14.9. The van der Waals surface area contributed by atoms with Crippen molar-refractivity contribution in [3.8, 4) is 5.75 Å². The summed E-state index contributed by atoms with van der Waals surface area (Å²) in [6, 6.07) is 8.08. The van der Waals surface area contributed by atoms with Crippen LogP contribution in [0.5, 0.6) is 5.75 Å². The largest absolute Gasteiger partial charge is 0.497 e. The smallest absolute Gasteiger partial charge is 0.242 e. The van der Waals surface area contributed by atoms with Gasteiger partial charge in [-0.3, -0.25) is 9.59 Å². The first-order valence-corrected chi connectivity index (χ1v) is 9.63. The third-order valence-corrected chi connectivity index (χ3v) is 5.67. The summed E-state index contributed by atoms with van der Waals surface area (Å²) in [6.07, 6.45) is 4.27. The first-order chi connectivity index (χ1) is 11.7. The molecule has 2 aliphatic heterocycles. The molecule has 2 saturated heterocycles. The average Bonchev–Trinajstić information content (AvgIpc) is 2.87. The monoisotopic (exact) mass is 348 g/mol. The number of methoxy groups -OCH3 is 1. The molecule has 0 N–H and O–H groups in total. The second-order valence-corrected chi connectivity index (χ2v) is 7.25. The average molecular weight is 348 g/mol. The minimum Gasteiger partial charge on any atom is -0.497 e. The Balaban J connectivity index is 1.76. The van der Waals surface area contributed by atoms with Crippen molar-refractivity contribution in [1.82, 2.24) is 9.80 Å². The number of nitrogens with zero attached hydrogens (tertiary/aromatic N) is 2. The standard InChI is InChI=1S/C18H24N2O3S/c1-23-15-8-6-14(7-9-15)16-5-3-2-4-10-20(16)17(21)11-19-13-24-12-18(19)22/h6-9,16H,2-5,10-13H2,1H3. The molecule has 24 heavy (non-hydrogen) atoms. The SMILES string of the molecule is COc1ccc(C2CCCCCN2C(=O)CN2CSCC2=O)cc1. The molecule has 1 aromatic carbocycles. The van der Waals surface area contributed by atoms with Crippen LogP contribution in [0.3, 0.4) is 0 Å². The molecule has 1 atom stereocenters. The fraction of sp³-hybridized carbons (Fsp3) is 0.556. The van der Waals surface area contributed by atoms with Gasteiger partial charge in [0.05, 0.1) is 24.8 Å². The number of carbonyl (C=O) groups is 2. The van der Waals surface area contributed by atoms with Gasteiger partial charge in [-0.15, -0.1) is 11.8 Å². The van der Waals surface area contributed by atoms with E-state index in [1.54, 1.807) is 23.8 Å². The number of hydrogen-bond donors (Lipinski definition) is 0. The maximum Gasteiger partial charge on any atom is 0.242 e. The predicted molar refractivity (Wildman–Crippen MR) is 95.0 cm³/mol. The third-order valence-electron chi connectivity index (χ3n) is 4.73. The summed E-state index contributed by atoms with van der Waals surface area (Å²) in [7, 11) is 1.65. The number of ether oxygens (including phenoxy) is 1. The lowest BCUT2D eigenvalue weighted by atomic mass is 10.0. The zero-order chi connectivity index (χ0) is 16.9. The number of hydrogen-bond acceptors (Lipinski definition) is 4. The summed E-state index contributed by atoms with van der Waals surface area (Å²) >= 11 is 1.58. The molecule has 0 spiro atoms. The van der Waals surface area contributed by atoms with Crippen LogP contribution >= 0.6 is 11.8 Å². The molecule has 1 unspecified atom stereocenters. The highest BCUT2D eigenvalue weighted by Crippen LogP contribution is 2.31. The zero-order valence-electron chi connectivity index (χ0n) is 14.1. The highest BCUT2D eigenvalue weighted by molar-refractivity contribution is 8.00. The molecule has 1 aromatic rings. The fourth-order valence-electron chi connectivity index (χ4n) is 3.37. The fourth-order valence-corrected chi connectivity index (χ4v) is 4.28. The molecule has 2 heterocycles. The van der Waals surface area contributed by atoms with Crippen LogP contribution < -0.4 is 4.74 Å². The van der Waals surface area contributed by atoms with E-state index in [1.165, 1.54) is 0 Å². The number of carbonyl (C=O) groups excluding carboxylic acids is 2. The molecule has 2 aliphatic rings. The summed E-state index contributed by atoms with van der Waals surface area (Å²) in [5, 5.41) is 0. The van der Waals surface area contributed by atoms with Crippen molar-refractivity contribution in [2.75, 3.05) is 31.8 Å². The Kier molecular flexibility index (Phi) is 5.66. The highest BCUT2D eigenvalue weighted by Gasteiger charge is 2.30. The minimum absolute atomic E-state index is 0.0635. The number of amides is 2. The first kappa shape index (κ1) is 17.1. The van der Waals surface area contributed by atoms with Crippen molar-refractivity contribution in [1.29, 1.82) is 0 Å². The van der Waals surface area contributed by atoms with E-state index < -0.39 is 0 Å². The van der Waals surface area contributed by atoms with Crippen molar-refractivity contribution < 1.29 is 14.3 Å². The van der Waals surface area contributed by atoms with Crippen LogP contribution in [0.2, 0.25) is 0 Å². The van der Waals surface area contributed by atoms with Gasteiger partial charge in [-0.2, -0.15) is 0 Å². The van der Waals surface area contributed by atoms with E-state index in [0.29, 0.717) is 11.6 Å². The molecule has 0 saturated carbocycles. The normalized spacial score (nSPS) is 21.7. The summed E-state index contributed by atoms with van der Waals surface area (Å²) in [4.78, 5) is 28.3. The van der Waals surface area contributed by atoms with Crippen LogP contribution in [0.15, 0.2) is 24.3 Å². The number of rotatable bonds is 4. The van der Waals surface area contributed by atoms with E-state index in [1.807, 2.05) is 29.2 Å². The lowest BCUT2D eigenvalue weighted by Gasteiger charge is -2.32. The Bertz CT molecular complexity index is 590.